The van der Waals surface area contributed by atoms with Gasteiger partial charge in [-0.3, -0.25) is 10.1 Å². The molecule has 1 N–H and O–H groups in total. The number of phenolic OH excluding ortho intramolecular Hbond substituents is 1. The van der Waals surface area contributed by atoms with Crippen LogP contribution >= 0.6 is 22.9 Å². The predicted octanol–water partition coefficient (Wildman–Crippen LogP) is 5.13. The van der Waals surface area contributed by atoms with Crippen LogP contribution in [0.25, 0.3) is 22.4 Å². The lowest BCUT2D eigenvalue weighted by molar-refractivity contribution is -0.384. The highest BCUT2D eigenvalue weighted by molar-refractivity contribution is 7.19. The lowest BCUT2D eigenvalue weighted by Crippen LogP contribution is -1.92. The number of aromatic nitrogens is 1. The van der Waals surface area contributed by atoms with Crippen molar-refractivity contribution in [2.45, 2.75) is 6.92 Å². The molecule has 25 heavy (non-hydrogen) atoms. The molecule has 0 amide bonds. The third-order valence-electron chi connectivity index (χ3n) is 3.37. The number of rotatable bonds is 5. The summed E-state index contributed by atoms with van der Waals surface area (Å²) < 4.78 is 6.09. The summed E-state index contributed by atoms with van der Waals surface area (Å²) in [4.78, 5) is 14.8. The Balaban J connectivity index is 1.91. The number of nitrogens with zero attached hydrogens (tertiary/aromatic N) is 2. The summed E-state index contributed by atoms with van der Waals surface area (Å²) in [5, 5.41) is 21.6. The lowest BCUT2D eigenvalue weighted by Gasteiger charge is -2.08. The Morgan fingerprint density at radius 2 is 2.16 bits per heavy atom. The second-order valence-electron chi connectivity index (χ2n) is 5.08. The van der Waals surface area contributed by atoms with Gasteiger partial charge in [0.2, 0.25) is 0 Å². The summed E-state index contributed by atoms with van der Waals surface area (Å²) in [7, 11) is 0. The number of non-ortho nitro benzene ring substituents is 1. The minimum Gasteiger partial charge on any atom is -0.503 e. The minimum absolute atomic E-state index is 0.0401. The van der Waals surface area contributed by atoms with Crippen LogP contribution in [0.5, 0.6) is 11.5 Å². The van der Waals surface area contributed by atoms with Crippen molar-refractivity contribution in [1.82, 2.24) is 4.98 Å². The van der Waals surface area contributed by atoms with E-state index in [0.717, 1.165) is 10.3 Å². The predicted molar refractivity (Wildman–Crippen MR) is 99.5 cm³/mol. The summed E-state index contributed by atoms with van der Waals surface area (Å²) in [5.41, 5.74) is 1.49. The smallest absolute Gasteiger partial charge is 0.270 e. The fourth-order valence-corrected chi connectivity index (χ4v) is 3.36. The van der Waals surface area contributed by atoms with E-state index in [1.54, 1.807) is 30.4 Å². The first-order valence-electron chi connectivity index (χ1n) is 7.36. The van der Waals surface area contributed by atoms with E-state index in [-0.39, 0.29) is 16.5 Å². The number of nitro benzene ring substituents is 1. The molecule has 6 nitrogen and oxygen atoms in total. The zero-order valence-corrected chi connectivity index (χ0v) is 14.7. The van der Waals surface area contributed by atoms with Gasteiger partial charge in [0.05, 0.1) is 26.8 Å². The number of aromatic hydroxyl groups is 1. The van der Waals surface area contributed by atoms with Gasteiger partial charge in [-0.05, 0) is 36.8 Å². The van der Waals surface area contributed by atoms with Gasteiger partial charge in [0.15, 0.2) is 11.5 Å². The van der Waals surface area contributed by atoms with Crippen molar-refractivity contribution in [1.29, 1.82) is 0 Å². The molecular formula is C17H13ClN2O4S. The summed E-state index contributed by atoms with van der Waals surface area (Å²) in [6.07, 6.45) is 3.58. The van der Waals surface area contributed by atoms with Crippen LogP contribution in [0.15, 0.2) is 30.3 Å². The molecule has 3 aromatic rings. The summed E-state index contributed by atoms with van der Waals surface area (Å²) in [5.74, 6) is 0.225. The average molecular weight is 377 g/mol. The monoisotopic (exact) mass is 376 g/mol. The molecule has 0 aliphatic heterocycles. The van der Waals surface area contributed by atoms with Gasteiger partial charge in [-0.15, -0.1) is 11.3 Å². The van der Waals surface area contributed by atoms with E-state index in [9.17, 15) is 15.2 Å². The van der Waals surface area contributed by atoms with Crippen LogP contribution in [0.3, 0.4) is 0 Å². The lowest BCUT2D eigenvalue weighted by atomic mass is 10.2. The number of hydrogen-bond donors (Lipinski definition) is 1. The fraction of sp³-hybridized carbons (Fsp3) is 0.118. The van der Waals surface area contributed by atoms with Crippen molar-refractivity contribution in [3.63, 3.8) is 0 Å². The topological polar surface area (TPSA) is 85.5 Å². The zero-order chi connectivity index (χ0) is 18.0. The first-order valence-corrected chi connectivity index (χ1v) is 8.55. The Kier molecular flexibility index (Phi) is 4.87. The van der Waals surface area contributed by atoms with E-state index in [1.165, 1.54) is 23.5 Å². The van der Waals surface area contributed by atoms with Gasteiger partial charge < -0.3 is 9.84 Å². The first-order chi connectivity index (χ1) is 12.0. The quantitative estimate of drug-likeness (QED) is 0.492. The number of benzene rings is 2. The van der Waals surface area contributed by atoms with Crippen molar-refractivity contribution in [2.24, 2.45) is 0 Å². The van der Waals surface area contributed by atoms with Crippen LogP contribution in [0.2, 0.25) is 5.02 Å². The molecule has 0 aliphatic rings. The molecule has 2 aromatic carbocycles. The zero-order valence-electron chi connectivity index (χ0n) is 13.1. The van der Waals surface area contributed by atoms with Crippen LogP contribution in [0.4, 0.5) is 5.69 Å². The number of phenols is 1. The van der Waals surface area contributed by atoms with Gasteiger partial charge in [0.1, 0.15) is 5.01 Å². The maximum atomic E-state index is 10.8. The number of thiazole rings is 1. The maximum absolute atomic E-state index is 10.8. The van der Waals surface area contributed by atoms with E-state index in [0.29, 0.717) is 22.9 Å². The number of fused-ring (bicyclic) bond motifs is 1. The van der Waals surface area contributed by atoms with Crippen molar-refractivity contribution in [2.75, 3.05) is 6.61 Å². The molecule has 0 bridgehead atoms. The van der Waals surface area contributed by atoms with E-state index in [2.05, 4.69) is 4.98 Å². The number of halogens is 1. The molecule has 128 valence electrons. The van der Waals surface area contributed by atoms with E-state index in [4.69, 9.17) is 16.3 Å². The Bertz CT molecular complexity index is 984. The number of hydrogen-bond acceptors (Lipinski definition) is 6. The van der Waals surface area contributed by atoms with Gasteiger partial charge in [-0.1, -0.05) is 17.7 Å². The van der Waals surface area contributed by atoms with Crippen molar-refractivity contribution in [3.8, 4) is 11.5 Å². The normalized spacial score (nSPS) is 11.3. The highest BCUT2D eigenvalue weighted by Crippen LogP contribution is 2.36. The second-order valence-corrected chi connectivity index (χ2v) is 6.55. The van der Waals surface area contributed by atoms with Gasteiger partial charge in [-0.25, -0.2) is 4.98 Å². The Hall–Kier alpha value is -2.64. The third-order valence-corrected chi connectivity index (χ3v) is 4.64. The third kappa shape index (κ3) is 3.72. The van der Waals surface area contributed by atoms with Gasteiger partial charge in [-0.2, -0.15) is 0 Å². The van der Waals surface area contributed by atoms with Gasteiger partial charge in [0.25, 0.3) is 5.69 Å². The molecule has 0 saturated carbocycles. The van der Waals surface area contributed by atoms with Crippen molar-refractivity contribution in [3.05, 3.63) is 56.0 Å². The second kappa shape index (κ2) is 7.08. The average Bonchev–Trinajstić information content (AvgIpc) is 2.99. The van der Waals surface area contributed by atoms with Crippen LogP contribution in [-0.4, -0.2) is 21.6 Å². The Morgan fingerprint density at radius 1 is 1.36 bits per heavy atom. The van der Waals surface area contributed by atoms with Crippen LogP contribution < -0.4 is 4.74 Å². The fourth-order valence-electron chi connectivity index (χ4n) is 2.24. The molecule has 3 rings (SSSR count). The van der Waals surface area contributed by atoms with Crippen molar-refractivity contribution < 1.29 is 14.8 Å². The van der Waals surface area contributed by atoms with Crippen molar-refractivity contribution >= 4 is 51.0 Å². The van der Waals surface area contributed by atoms with Gasteiger partial charge in [0, 0.05) is 12.1 Å². The molecule has 8 heteroatoms. The molecule has 0 aliphatic carbocycles. The summed E-state index contributed by atoms with van der Waals surface area (Å²) >= 11 is 7.36. The van der Waals surface area contributed by atoms with Crippen LogP contribution in [-0.2, 0) is 0 Å². The Labute approximate surface area is 152 Å². The van der Waals surface area contributed by atoms with Gasteiger partial charge >= 0.3 is 0 Å². The van der Waals surface area contributed by atoms with Crippen LogP contribution in [0, 0.1) is 10.1 Å². The molecule has 0 atom stereocenters. The molecule has 0 unspecified atom stereocenters. The minimum atomic E-state index is -0.428. The maximum Gasteiger partial charge on any atom is 0.270 e. The van der Waals surface area contributed by atoms with E-state index < -0.39 is 4.92 Å². The number of nitro groups is 1. The standard InChI is InChI=1S/C17H13ClN2O4S/c1-2-24-14-8-10(7-12(18)17(14)21)3-6-16-19-13-5-4-11(20(22)23)9-15(13)25-16/h3-9,21H,2H2,1H3/b6-3+. The number of ether oxygens (including phenoxy) is 1. The molecule has 0 fully saturated rings. The summed E-state index contributed by atoms with van der Waals surface area (Å²) in [6, 6.07) is 7.87. The molecule has 1 heterocycles. The highest BCUT2D eigenvalue weighted by atomic mass is 35.5. The van der Waals surface area contributed by atoms with E-state index >= 15 is 0 Å². The summed E-state index contributed by atoms with van der Waals surface area (Å²) in [6.45, 7) is 2.23. The Morgan fingerprint density at radius 3 is 2.88 bits per heavy atom. The SMILES string of the molecule is CCOc1cc(/C=C/c2nc3ccc([N+](=O)[O-])cc3s2)cc(Cl)c1O. The van der Waals surface area contributed by atoms with E-state index in [1.807, 2.05) is 6.92 Å². The molecule has 1 aromatic heterocycles. The largest absolute Gasteiger partial charge is 0.503 e. The molecule has 0 saturated heterocycles. The molecule has 0 spiro atoms. The first kappa shape index (κ1) is 17.2. The molecule has 0 radical (unpaired) electrons. The highest BCUT2D eigenvalue weighted by Gasteiger charge is 2.10. The molecular weight excluding hydrogens is 364 g/mol. The van der Waals surface area contributed by atoms with Crippen LogP contribution in [0.1, 0.15) is 17.5 Å².